The normalized spacial score (nSPS) is 11.2. The number of ether oxygens (including phenoxy) is 1. The molecule has 0 N–H and O–H groups in total. The van der Waals surface area contributed by atoms with Crippen LogP contribution in [0.4, 0.5) is 0 Å². The third-order valence-electron chi connectivity index (χ3n) is 1.60. The van der Waals surface area contributed by atoms with Crippen molar-refractivity contribution in [3.63, 3.8) is 0 Å². The second-order valence-electron chi connectivity index (χ2n) is 2.33. The van der Waals surface area contributed by atoms with Gasteiger partial charge in [0.05, 0.1) is 7.11 Å². The van der Waals surface area contributed by atoms with Crippen LogP contribution in [-0.2, 0) is 10.0 Å². The average Bonchev–Trinajstić information content (AvgIpc) is 2.18. The van der Waals surface area contributed by atoms with Crippen LogP contribution in [0.2, 0.25) is 0 Å². The summed E-state index contributed by atoms with van der Waals surface area (Å²) in [5, 5.41) is 0. The molecule has 0 heterocycles. The highest BCUT2D eigenvalue weighted by Crippen LogP contribution is 2.18. The predicted molar refractivity (Wildman–Crippen MR) is 49.5 cm³/mol. The number of nitrogens with zero attached hydrogens (tertiary/aromatic N) is 1. The van der Waals surface area contributed by atoms with E-state index in [9.17, 15) is 8.42 Å². The lowest BCUT2D eigenvalue weighted by Gasteiger charge is -2.13. The van der Waals surface area contributed by atoms with Gasteiger partial charge in [-0.05, 0) is 24.3 Å². The molecule has 5 heteroatoms. The van der Waals surface area contributed by atoms with Crippen molar-refractivity contribution in [2.24, 2.45) is 0 Å². The number of hydrogen-bond donors (Lipinski definition) is 0. The van der Waals surface area contributed by atoms with Gasteiger partial charge in [0.1, 0.15) is 15.8 Å². The predicted octanol–water partition coefficient (Wildman–Crippen LogP) is 1.39. The molecule has 1 aromatic rings. The Morgan fingerprint density at radius 1 is 1.23 bits per heavy atom. The first-order chi connectivity index (χ1) is 6.10. The number of hydrogen-bond acceptors (Lipinski definition) is 3. The van der Waals surface area contributed by atoms with Gasteiger partial charge < -0.3 is 9.46 Å². The van der Waals surface area contributed by atoms with E-state index in [2.05, 4.69) is 4.72 Å². The first-order valence-electron chi connectivity index (χ1n) is 3.60. The number of rotatable bonds is 3. The smallest absolute Gasteiger partial charge is 0.118 e. The Morgan fingerprint density at radius 3 is 2.15 bits per heavy atom. The van der Waals surface area contributed by atoms with Crippen LogP contribution in [0, 0.1) is 0 Å². The lowest BCUT2D eigenvalue weighted by Crippen LogP contribution is -1.97. The Bertz CT molecular complexity index is 369. The van der Waals surface area contributed by atoms with Gasteiger partial charge in [-0.15, -0.1) is 0 Å². The Morgan fingerprint density at radius 2 is 1.77 bits per heavy atom. The summed E-state index contributed by atoms with van der Waals surface area (Å²) in [5.41, 5.74) is 0. The minimum atomic E-state index is -3.45. The van der Waals surface area contributed by atoms with E-state index < -0.39 is 10.0 Å². The van der Waals surface area contributed by atoms with Gasteiger partial charge in [-0.2, -0.15) is 7.05 Å². The average molecular weight is 200 g/mol. The molecular formula is C8H10NO3S-. The molecule has 0 saturated carbocycles. The SMILES string of the molecule is C[N-]S(=O)(=O)c1ccc(OC)cc1. The molecule has 72 valence electrons. The molecule has 0 amide bonds. The summed E-state index contributed by atoms with van der Waals surface area (Å²) in [4.78, 5) is 0.177. The monoisotopic (exact) mass is 200 g/mol. The first-order valence-corrected chi connectivity index (χ1v) is 5.04. The Labute approximate surface area is 77.6 Å². The summed E-state index contributed by atoms with van der Waals surface area (Å²) in [6, 6.07) is 6.08. The second-order valence-corrected chi connectivity index (χ2v) is 4.12. The van der Waals surface area contributed by atoms with E-state index in [1.54, 1.807) is 12.1 Å². The zero-order valence-corrected chi connectivity index (χ0v) is 8.21. The number of sulfonamides is 1. The maximum absolute atomic E-state index is 11.2. The van der Waals surface area contributed by atoms with Gasteiger partial charge in [-0.1, -0.05) is 0 Å². The molecule has 0 radical (unpaired) electrons. The Kier molecular flexibility index (Phi) is 2.90. The zero-order valence-electron chi connectivity index (χ0n) is 7.39. The molecule has 0 aliphatic rings. The summed E-state index contributed by atoms with van der Waals surface area (Å²) >= 11 is 0. The topological polar surface area (TPSA) is 57.5 Å². The summed E-state index contributed by atoms with van der Waals surface area (Å²) in [7, 11) is -0.683. The van der Waals surface area contributed by atoms with Gasteiger partial charge in [-0.25, -0.2) is 8.42 Å². The molecule has 0 aliphatic heterocycles. The molecule has 0 unspecified atom stereocenters. The fraction of sp³-hybridized carbons (Fsp3) is 0.250. The zero-order chi connectivity index (χ0) is 9.90. The van der Waals surface area contributed by atoms with Crippen molar-refractivity contribution in [3.8, 4) is 5.75 Å². The van der Waals surface area contributed by atoms with Crippen LogP contribution >= 0.6 is 0 Å². The third kappa shape index (κ3) is 2.19. The highest BCUT2D eigenvalue weighted by Gasteiger charge is 2.01. The number of methoxy groups -OCH3 is 1. The van der Waals surface area contributed by atoms with Crippen LogP contribution in [-0.4, -0.2) is 22.6 Å². The van der Waals surface area contributed by atoms with E-state index in [1.165, 1.54) is 26.3 Å². The van der Waals surface area contributed by atoms with Crippen molar-refractivity contribution in [2.75, 3.05) is 14.2 Å². The minimum absolute atomic E-state index is 0.177. The van der Waals surface area contributed by atoms with E-state index in [0.29, 0.717) is 5.75 Å². The van der Waals surface area contributed by atoms with Crippen LogP contribution in [0.3, 0.4) is 0 Å². The largest absolute Gasteiger partial charge is 0.547 e. The molecule has 0 bridgehead atoms. The molecule has 4 nitrogen and oxygen atoms in total. The summed E-state index contributed by atoms with van der Waals surface area (Å²) in [6.07, 6.45) is 0. The molecule has 0 aromatic heterocycles. The van der Waals surface area contributed by atoms with Crippen LogP contribution in [0.5, 0.6) is 5.75 Å². The fourth-order valence-corrected chi connectivity index (χ4v) is 1.54. The molecule has 13 heavy (non-hydrogen) atoms. The molecule has 0 saturated heterocycles. The van der Waals surface area contributed by atoms with Gasteiger partial charge >= 0.3 is 0 Å². The molecule has 0 aliphatic carbocycles. The van der Waals surface area contributed by atoms with Crippen molar-refractivity contribution in [3.05, 3.63) is 29.0 Å². The summed E-state index contributed by atoms with van der Waals surface area (Å²) in [5.74, 6) is 0.620. The van der Waals surface area contributed by atoms with Gasteiger partial charge in [0, 0.05) is 4.90 Å². The van der Waals surface area contributed by atoms with E-state index in [0.717, 1.165) is 0 Å². The molecule has 1 aromatic carbocycles. The molecule has 1 rings (SSSR count). The highest BCUT2D eigenvalue weighted by atomic mass is 32.2. The Balaban J connectivity index is 3.06. The van der Waals surface area contributed by atoms with Gasteiger partial charge in [0.2, 0.25) is 0 Å². The maximum Gasteiger partial charge on any atom is 0.118 e. The van der Waals surface area contributed by atoms with E-state index in [-0.39, 0.29) is 4.90 Å². The van der Waals surface area contributed by atoms with Gasteiger partial charge in [0.25, 0.3) is 0 Å². The van der Waals surface area contributed by atoms with Crippen molar-refractivity contribution in [1.82, 2.24) is 0 Å². The maximum atomic E-state index is 11.2. The quantitative estimate of drug-likeness (QED) is 0.740. The van der Waals surface area contributed by atoms with Crippen LogP contribution in [0.1, 0.15) is 0 Å². The standard InChI is InChI=1S/C8H10NO3S/c1-9-13(10,11)8-5-3-7(12-2)4-6-8/h3-6H,1-2H3/q-1. The fourth-order valence-electron chi connectivity index (χ4n) is 0.853. The summed E-state index contributed by atoms with van der Waals surface area (Å²) in [6.45, 7) is 0. The van der Waals surface area contributed by atoms with Crippen molar-refractivity contribution in [1.29, 1.82) is 0 Å². The molecule has 0 fully saturated rings. The molecule has 0 atom stereocenters. The van der Waals surface area contributed by atoms with Gasteiger partial charge in [-0.3, -0.25) is 0 Å². The van der Waals surface area contributed by atoms with E-state index >= 15 is 0 Å². The van der Waals surface area contributed by atoms with Crippen LogP contribution in [0.25, 0.3) is 4.72 Å². The lowest BCUT2D eigenvalue weighted by atomic mass is 10.3. The Hall–Kier alpha value is -1.07. The minimum Gasteiger partial charge on any atom is -0.547 e. The second kappa shape index (κ2) is 3.76. The van der Waals surface area contributed by atoms with Crippen LogP contribution in [0.15, 0.2) is 29.2 Å². The lowest BCUT2D eigenvalue weighted by molar-refractivity contribution is 0.414. The van der Waals surface area contributed by atoms with Crippen molar-refractivity contribution >= 4 is 10.0 Å². The highest BCUT2D eigenvalue weighted by molar-refractivity contribution is 7.94. The van der Waals surface area contributed by atoms with Crippen molar-refractivity contribution in [2.45, 2.75) is 4.90 Å². The van der Waals surface area contributed by atoms with Crippen molar-refractivity contribution < 1.29 is 13.2 Å². The van der Waals surface area contributed by atoms with E-state index in [1.807, 2.05) is 0 Å². The van der Waals surface area contributed by atoms with E-state index in [4.69, 9.17) is 4.74 Å². The molecular weight excluding hydrogens is 190 g/mol. The van der Waals surface area contributed by atoms with Crippen LogP contribution < -0.4 is 4.74 Å². The first kappa shape index (κ1) is 10.0. The third-order valence-corrected chi connectivity index (χ3v) is 2.95. The van der Waals surface area contributed by atoms with Gasteiger partial charge in [0.15, 0.2) is 0 Å². The molecule has 0 spiro atoms. The summed E-state index contributed by atoms with van der Waals surface area (Å²) < 4.78 is 30.6. The number of benzene rings is 1.